The van der Waals surface area contributed by atoms with E-state index in [-0.39, 0.29) is 11.2 Å². The molecular formula is C9H13FO. The first-order valence-corrected chi connectivity index (χ1v) is 3.81. The third-order valence-electron chi connectivity index (χ3n) is 2.00. The summed E-state index contributed by atoms with van der Waals surface area (Å²) in [5.74, 6) is -0.844. The minimum atomic E-state index is -0.510. The molecule has 1 nitrogen and oxygen atoms in total. The zero-order valence-corrected chi connectivity index (χ0v) is 7.20. The lowest BCUT2D eigenvalue weighted by molar-refractivity contribution is -0.119. The van der Waals surface area contributed by atoms with Crippen molar-refractivity contribution in [3.63, 3.8) is 0 Å². The molecule has 0 aromatic heterocycles. The number of allylic oxidation sites excluding steroid dienone is 2. The lowest BCUT2D eigenvalue weighted by atomic mass is 9.77. The van der Waals surface area contributed by atoms with E-state index >= 15 is 0 Å². The van der Waals surface area contributed by atoms with Crippen LogP contribution in [0.5, 0.6) is 0 Å². The van der Waals surface area contributed by atoms with Crippen LogP contribution in [0.25, 0.3) is 0 Å². The average molecular weight is 156 g/mol. The van der Waals surface area contributed by atoms with Crippen LogP contribution in [0.1, 0.15) is 33.6 Å². The lowest BCUT2D eigenvalue weighted by Crippen LogP contribution is -2.23. The summed E-state index contributed by atoms with van der Waals surface area (Å²) in [5, 5.41) is 0. The second kappa shape index (κ2) is 2.43. The molecule has 0 aromatic rings. The van der Waals surface area contributed by atoms with E-state index in [1.807, 2.05) is 13.8 Å². The third kappa shape index (κ3) is 1.67. The van der Waals surface area contributed by atoms with Crippen molar-refractivity contribution in [3.8, 4) is 0 Å². The van der Waals surface area contributed by atoms with Gasteiger partial charge in [0.05, 0.1) is 0 Å². The van der Waals surface area contributed by atoms with Crippen molar-refractivity contribution in [2.24, 2.45) is 5.41 Å². The maximum atomic E-state index is 12.8. The molecular weight excluding hydrogens is 143 g/mol. The van der Waals surface area contributed by atoms with E-state index in [0.29, 0.717) is 18.4 Å². The van der Waals surface area contributed by atoms with E-state index in [0.717, 1.165) is 0 Å². The Bertz CT molecular complexity index is 226. The van der Waals surface area contributed by atoms with Gasteiger partial charge in [0.25, 0.3) is 0 Å². The number of Topliss-reactive ketones (excluding diaryl/α,β-unsaturated/α-hetero) is 1. The van der Waals surface area contributed by atoms with Gasteiger partial charge in [-0.15, -0.1) is 0 Å². The predicted molar refractivity (Wildman–Crippen MR) is 41.8 cm³/mol. The molecule has 0 spiro atoms. The highest BCUT2D eigenvalue weighted by atomic mass is 19.1. The van der Waals surface area contributed by atoms with Crippen molar-refractivity contribution < 1.29 is 9.18 Å². The zero-order valence-electron chi connectivity index (χ0n) is 7.20. The molecule has 1 aliphatic rings. The summed E-state index contributed by atoms with van der Waals surface area (Å²) in [6, 6.07) is 0. The Hall–Kier alpha value is -0.660. The van der Waals surface area contributed by atoms with Gasteiger partial charge in [0.2, 0.25) is 0 Å². The van der Waals surface area contributed by atoms with Crippen LogP contribution in [0.15, 0.2) is 11.4 Å². The third-order valence-corrected chi connectivity index (χ3v) is 2.00. The van der Waals surface area contributed by atoms with E-state index in [1.54, 1.807) is 6.92 Å². The smallest absolute Gasteiger partial charge is 0.191 e. The van der Waals surface area contributed by atoms with Gasteiger partial charge in [0.15, 0.2) is 11.6 Å². The number of halogens is 1. The number of hydrogen-bond donors (Lipinski definition) is 0. The van der Waals surface area contributed by atoms with E-state index in [2.05, 4.69) is 0 Å². The summed E-state index contributed by atoms with van der Waals surface area (Å²) in [4.78, 5) is 11.0. The Kier molecular flexibility index (Phi) is 1.87. The molecule has 0 bridgehead atoms. The number of hydrogen-bond acceptors (Lipinski definition) is 1. The highest BCUT2D eigenvalue weighted by molar-refractivity contribution is 5.95. The molecule has 0 radical (unpaired) electrons. The Morgan fingerprint density at radius 2 is 1.91 bits per heavy atom. The zero-order chi connectivity index (χ0) is 8.65. The van der Waals surface area contributed by atoms with Crippen LogP contribution < -0.4 is 0 Å². The van der Waals surface area contributed by atoms with Gasteiger partial charge in [-0.2, -0.15) is 0 Å². The first-order valence-electron chi connectivity index (χ1n) is 3.81. The summed E-state index contributed by atoms with van der Waals surface area (Å²) < 4.78 is 12.8. The fraction of sp³-hybridized carbons (Fsp3) is 0.667. The van der Waals surface area contributed by atoms with Gasteiger partial charge < -0.3 is 0 Å². The number of ketones is 1. The number of rotatable bonds is 0. The SMILES string of the molecule is CC1=C(F)C(=O)CC(C)(C)C1. The minimum absolute atomic E-state index is 0.0449. The topological polar surface area (TPSA) is 17.1 Å². The Labute approximate surface area is 66.3 Å². The Balaban J connectivity index is 2.94. The maximum Gasteiger partial charge on any atom is 0.191 e. The van der Waals surface area contributed by atoms with Crippen LogP contribution in [0.2, 0.25) is 0 Å². The molecule has 0 saturated heterocycles. The predicted octanol–water partition coefficient (Wildman–Crippen LogP) is 2.62. The quantitative estimate of drug-likeness (QED) is 0.527. The standard InChI is InChI=1S/C9H13FO/c1-6-4-9(2,3)5-7(11)8(6)10/h4-5H2,1-3H3. The molecule has 11 heavy (non-hydrogen) atoms. The maximum absolute atomic E-state index is 12.8. The normalized spacial score (nSPS) is 24.2. The monoisotopic (exact) mass is 156 g/mol. The second-order valence-corrected chi connectivity index (χ2v) is 4.04. The van der Waals surface area contributed by atoms with Crippen LogP contribution in [-0.2, 0) is 4.79 Å². The molecule has 0 unspecified atom stereocenters. The van der Waals surface area contributed by atoms with E-state index in [1.165, 1.54) is 0 Å². The van der Waals surface area contributed by atoms with Crippen molar-refractivity contribution in [2.75, 3.05) is 0 Å². The molecule has 1 aliphatic carbocycles. The van der Waals surface area contributed by atoms with Crippen molar-refractivity contribution in [3.05, 3.63) is 11.4 Å². The first-order chi connectivity index (χ1) is 4.92. The van der Waals surface area contributed by atoms with Crippen molar-refractivity contribution in [1.82, 2.24) is 0 Å². The van der Waals surface area contributed by atoms with Crippen LogP contribution in [0.4, 0.5) is 4.39 Å². The molecule has 0 amide bonds. The summed E-state index contributed by atoms with van der Waals surface area (Å²) in [7, 11) is 0. The summed E-state index contributed by atoms with van der Waals surface area (Å²) in [6.45, 7) is 5.66. The Morgan fingerprint density at radius 3 is 2.36 bits per heavy atom. The fourth-order valence-corrected chi connectivity index (χ4v) is 1.61. The van der Waals surface area contributed by atoms with Crippen LogP contribution >= 0.6 is 0 Å². The van der Waals surface area contributed by atoms with Gasteiger partial charge in [-0.1, -0.05) is 13.8 Å². The van der Waals surface area contributed by atoms with Crippen LogP contribution in [0, 0.1) is 5.41 Å². The first kappa shape index (κ1) is 8.44. The minimum Gasteiger partial charge on any atom is -0.292 e. The van der Waals surface area contributed by atoms with E-state index in [4.69, 9.17) is 0 Å². The summed E-state index contributed by atoms with van der Waals surface area (Å²) >= 11 is 0. The molecule has 2 heteroatoms. The van der Waals surface area contributed by atoms with Crippen molar-refractivity contribution in [1.29, 1.82) is 0 Å². The number of carbonyl (C=O) groups is 1. The largest absolute Gasteiger partial charge is 0.292 e. The van der Waals surface area contributed by atoms with Gasteiger partial charge >= 0.3 is 0 Å². The molecule has 0 aromatic carbocycles. The van der Waals surface area contributed by atoms with Crippen molar-refractivity contribution >= 4 is 5.78 Å². The number of carbonyl (C=O) groups excluding carboxylic acids is 1. The molecule has 0 N–H and O–H groups in total. The molecule has 0 saturated carbocycles. The van der Waals surface area contributed by atoms with Crippen LogP contribution in [-0.4, -0.2) is 5.78 Å². The van der Waals surface area contributed by atoms with Crippen molar-refractivity contribution in [2.45, 2.75) is 33.6 Å². The van der Waals surface area contributed by atoms with Crippen LogP contribution in [0.3, 0.4) is 0 Å². The molecule has 0 heterocycles. The van der Waals surface area contributed by atoms with E-state index in [9.17, 15) is 9.18 Å². The van der Waals surface area contributed by atoms with Gasteiger partial charge in [-0.25, -0.2) is 4.39 Å². The molecule has 62 valence electrons. The fourth-order valence-electron chi connectivity index (χ4n) is 1.61. The summed E-state index contributed by atoms with van der Waals surface area (Å²) in [6.07, 6.45) is 1.04. The Morgan fingerprint density at radius 1 is 1.36 bits per heavy atom. The van der Waals surface area contributed by atoms with Gasteiger partial charge in [0.1, 0.15) is 0 Å². The van der Waals surface area contributed by atoms with Gasteiger partial charge in [-0.3, -0.25) is 4.79 Å². The lowest BCUT2D eigenvalue weighted by Gasteiger charge is -2.28. The molecule has 0 atom stereocenters. The molecule has 0 fully saturated rings. The highest BCUT2D eigenvalue weighted by Gasteiger charge is 2.31. The van der Waals surface area contributed by atoms with Gasteiger partial charge in [0, 0.05) is 6.42 Å². The average Bonchev–Trinajstić information content (AvgIpc) is 1.81. The van der Waals surface area contributed by atoms with Gasteiger partial charge in [-0.05, 0) is 24.3 Å². The highest BCUT2D eigenvalue weighted by Crippen LogP contribution is 2.36. The van der Waals surface area contributed by atoms with E-state index < -0.39 is 5.83 Å². The second-order valence-electron chi connectivity index (χ2n) is 4.04. The molecule has 1 rings (SSSR count). The summed E-state index contributed by atoms with van der Waals surface area (Å²) in [5.41, 5.74) is 0.558. The molecule has 0 aliphatic heterocycles.